The van der Waals surface area contributed by atoms with Gasteiger partial charge in [-0.15, -0.1) is 0 Å². The van der Waals surface area contributed by atoms with Crippen LogP contribution in [-0.2, 0) is 26.2 Å². The van der Waals surface area contributed by atoms with Crippen LogP contribution in [0.5, 0.6) is 5.75 Å². The number of ether oxygens (including phenoxy) is 1. The average molecular weight is 635 g/mol. The second kappa shape index (κ2) is 14.8. The van der Waals surface area contributed by atoms with Crippen LogP contribution in [0.1, 0.15) is 38.3 Å². The molecule has 226 valence electrons. The van der Waals surface area contributed by atoms with Gasteiger partial charge < -0.3 is 15.0 Å². The lowest BCUT2D eigenvalue weighted by Gasteiger charge is -2.34. The number of anilines is 1. The van der Waals surface area contributed by atoms with Crippen LogP contribution in [-0.4, -0.2) is 51.4 Å². The van der Waals surface area contributed by atoms with E-state index in [1.54, 1.807) is 61.5 Å². The summed E-state index contributed by atoms with van der Waals surface area (Å²) in [5, 5.41) is 3.55. The van der Waals surface area contributed by atoms with E-state index >= 15 is 0 Å². The van der Waals surface area contributed by atoms with E-state index in [0.29, 0.717) is 22.2 Å². The van der Waals surface area contributed by atoms with Crippen molar-refractivity contribution in [2.75, 3.05) is 24.5 Å². The minimum Gasteiger partial charge on any atom is -0.495 e. The zero-order chi connectivity index (χ0) is 31.0. The normalized spacial score (nSPS) is 12.1. The Morgan fingerprint density at radius 3 is 2.14 bits per heavy atom. The summed E-state index contributed by atoms with van der Waals surface area (Å²) < 4.78 is 34.6. The van der Waals surface area contributed by atoms with Gasteiger partial charge in [-0.05, 0) is 55.7 Å². The standard InChI is InChI=1S/C31H37Cl2N3O5S/c1-6-27(31(38)34-18-21(2)3)35(19-24-25(32)10-9-11-26(24)33)30(37)20-36(28-12-7-8-13-29(28)41-5)42(39,40)23-16-14-22(4)15-17-23/h7-17,21,27H,6,18-20H2,1-5H3,(H,34,38)/t27-/m0/s1. The lowest BCUT2D eigenvalue weighted by molar-refractivity contribution is -0.140. The largest absolute Gasteiger partial charge is 0.495 e. The molecule has 0 aliphatic carbocycles. The predicted molar refractivity (Wildman–Crippen MR) is 168 cm³/mol. The van der Waals surface area contributed by atoms with Gasteiger partial charge in [0.2, 0.25) is 11.8 Å². The third-order valence-corrected chi connectivity index (χ3v) is 9.18. The Bertz CT molecular complexity index is 1480. The summed E-state index contributed by atoms with van der Waals surface area (Å²) in [6.45, 7) is 7.28. The quantitative estimate of drug-likeness (QED) is 0.246. The maximum absolute atomic E-state index is 14.2. The first-order valence-electron chi connectivity index (χ1n) is 13.6. The van der Waals surface area contributed by atoms with Crippen LogP contribution in [0.2, 0.25) is 10.0 Å². The number of carbonyl (C=O) groups is 2. The highest BCUT2D eigenvalue weighted by atomic mass is 35.5. The van der Waals surface area contributed by atoms with Crippen molar-refractivity contribution >= 4 is 50.7 Å². The number of hydrogen-bond donors (Lipinski definition) is 1. The minimum absolute atomic E-state index is 0.00854. The van der Waals surface area contributed by atoms with E-state index in [2.05, 4.69) is 5.32 Å². The van der Waals surface area contributed by atoms with Gasteiger partial charge in [0.25, 0.3) is 10.0 Å². The molecule has 11 heteroatoms. The molecule has 1 N–H and O–H groups in total. The number of sulfonamides is 1. The predicted octanol–water partition coefficient (Wildman–Crippen LogP) is 6.09. The zero-order valence-electron chi connectivity index (χ0n) is 24.4. The van der Waals surface area contributed by atoms with E-state index in [1.165, 1.54) is 24.1 Å². The van der Waals surface area contributed by atoms with E-state index in [9.17, 15) is 18.0 Å². The summed E-state index contributed by atoms with van der Waals surface area (Å²) in [7, 11) is -2.82. The number of rotatable bonds is 13. The number of nitrogens with one attached hydrogen (secondary N) is 1. The van der Waals surface area contributed by atoms with Crippen LogP contribution in [0.25, 0.3) is 0 Å². The topological polar surface area (TPSA) is 96.0 Å². The Morgan fingerprint density at radius 1 is 0.952 bits per heavy atom. The molecule has 0 saturated heterocycles. The Hall–Kier alpha value is -3.27. The van der Waals surface area contributed by atoms with Gasteiger partial charge in [-0.3, -0.25) is 13.9 Å². The van der Waals surface area contributed by atoms with Gasteiger partial charge in [0, 0.05) is 28.7 Å². The number of hydrogen-bond acceptors (Lipinski definition) is 5. The van der Waals surface area contributed by atoms with Crippen molar-refractivity contribution in [3.8, 4) is 5.75 Å². The molecule has 0 saturated carbocycles. The highest BCUT2D eigenvalue weighted by molar-refractivity contribution is 7.92. The Labute approximate surface area is 258 Å². The molecule has 3 aromatic carbocycles. The van der Waals surface area contributed by atoms with E-state index in [1.807, 2.05) is 20.8 Å². The molecule has 0 bridgehead atoms. The highest BCUT2D eigenvalue weighted by Crippen LogP contribution is 2.33. The number of halogens is 2. The van der Waals surface area contributed by atoms with Crippen molar-refractivity contribution < 1.29 is 22.7 Å². The fourth-order valence-electron chi connectivity index (χ4n) is 4.38. The van der Waals surface area contributed by atoms with Gasteiger partial charge in [0.1, 0.15) is 18.3 Å². The lowest BCUT2D eigenvalue weighted by Crippen LogP contribution is -2.52. The Kier molecular flexibility index (Phi) is 11.7. The third-order valence-electron chi connectivity index (χ3n) is 6.70. The Morgan fingerprint density at radius 2 is 1.57 bits per heavy atom. The van der Waals surface area contributed by atoms with E-state index in [-0.39, 0.29) is 41.1 Å². The monoisotopic (exact) mass is 633 g/mol. The number of nitrogens with zero attached hydrogens (tertiary/aromatic N) is 2. The van der Waals surface area contributed by atoms with Gasteiger partial charge in [0.05, 0.1) is 17.7 Å². The van der Waals surface area contributed by atoms with E-state index in [0.717, 1.165) is 9.87 Å². The van der Waals surface area contributed by atoms with Gasteiger partial charge in [-0.25, -0.2) is 8.42 Å². The van der Waals surface area contributed by atoms with Gasteiger partial charge in [0.15, 0.2) is 0 Å². The summed E-state index contributed by atoms with van der Waals surface area (Å²) in [5.74, 6) is -0.509. The molecule has 0 fully saturated rings. The van der Waals surface area contributed by atoms with Crippen LogP contribution in [0.3, 0.4) is 0 Å². The summed E-state index contributed by atoms with van der Waals surface area (Å²) in [5.41, 5.74) is 1.52. The molecule has 0 spiro atoms. The number of aryl methyl sites for hydroxylation is 1. The first-order valence-corrected chi connectivity index (χ1v) is 15.8. The molecule has 0 unspecified atom stereocenters. The van der Waals surface area contributed by atoms with Crippen molar-refractivity contribution in [3.63, 3.8) is 0 Å². The van der Waals surface area contributed by atoms with Crippen molar-refractivity contribution in [2.45, 2.75) is 51.6 Å². The van der Waals surface area contributed by atoms with Crippen LogP contribution < -0.4 is 14.4 Å². The molecule has 0 radical (unpaired) electrons. The number of benzene rings is 3. The van der Waals surface area contributed by atoms with Gasteiger partial charge >= 0.3 is 0 Å². The smallest absolute Gasteiger partial charge is 0.264 e. The van der Waals surface area contributed by atoms with E-state index in [4.69, 9.17) is 27.9 Å². The van der Waals surface area contributed by atoms with Crippen molar-refractivity contribution in [2.24, 2.45) is 5.92 Å². The number of methoxy groups -OCH3 is 1. The molecule has 0 aromatic heterocycles. The fraction of sp³-hybridized carbons (Fsp3) is 0.355. The molecule has 42 heavy (non-hydrogen) atoms. The van der Waals surface area contributed by atoms with Crippen LogP contribution in [0.15, 0.2) is 71.6 Å². The fourth-order valence-corrected chi connectivity index (χ4v) is 6.32. The molecular formula is C31H37Cl2N3O5S. The zero-order valence-corrected chi connectivity index (χ0v) is 26.8. The second-order valence-electron chi connectivity index (χ2n) is 10.3. The second-order valence-corrected chi connectivity index (χ2v) is 13.0. The average Bonchev–Trinajstić information content (AvgIpc) is 2.96. The molecular weight excluding hydrogens is 597 g/mol. The third kappa shape index (κ3) is 7.96. The maximum atomic E-state index is 14.2. The molecule has 1 atom stereocenters. The van der Waals surface area contributed by atoms with Crippen molar-refractivity contribution in [1.82, 2.24) is 10.2 Å². The first-order chi connectivity index (χ1) is 19.9. The summed E-state index contributed by atoms with van der Waals surface area (Å²) in [6.07, 6.45) is 0.275. The minimum atomic E-state index is -4.24. The number of para-hydroxylation sites is 2. The molecule has 0 aliphatic rings. The molecule has 2 amide bonds. The van der Waals surface area contributed by atoms with Gasteiger partial charge in [-0.2, -0.15) is 0 Å². The lowest BCUT2D eigenvalue weighted by atomic mass is 10.1. The summed E-state index contributed by atoms with van der Waals surface area (Å²) in [4.78, 5) is 29.0. The SMILES string of the molecule is CC[C@@H](C(=O)NCC(C)C)N(Cc1c(Cl)cccc1Cl)C(=O)CN(c1ccccc1OC)S(=O)(=O)c1ccc(C)cc1. The number of amides is 2. The molecule has 8 nitrogen and oxygen atoms in total. The summed E-state index contributed by atoms with van der Waals surface area (Å²) >= 11 is 12.9. The number of carbonyl (C=O) groups excluding carboxylic acids is 2. The highest BCUT2D eigenvalue weighted by Gasteiger charge is 2.35. The molecule has 3 rings (SSSR count). The Balaban J connectivity index is 2.12. The van der Waals surface area contributed by atoms with E-state index < -0.39 is 28.5 Å². The molecule has 0 heterocycles. The maximum Gasteiger partial charge on any atom is 0.264 e. The van der Waals surface area contributed by atoms with Crippen LogP contribution >= 0.6 is 23.2 Å². The molecule has 0 aliphatic heterocycles. The van der Waals surface area contributed by atoms with Crippen LogP contribution in [0.4, 0.5) is 5.69 Å². The van der Waals surface area contributed by atoms with Crippen molar-refractivity contribution in [1.29, 1.82) is 0 Å². The first kappa shape index (κ1) is 33.2. The van der Waals surface area contributed by atoms with Gasteiger partial charge in [-0.1, -0.05) is 79.9 Å². The van der Waals surface area contributed by atoms with Crippen LogP contribution in [0, 0.1) is 12.8 Å². The summed E-state index contributed by atoms with van der Waals surface area (Å²) in [6, 6.07) is 17.0. The van der Waals surface area contributed by atoms with Crippen molar-refractivity contribution in [3.05, 3.63) is 87.9 Å². The molecule has 3 aromatic rings.